The van der Waals surface area contributed by atoms with Crippen LogP contribution in [0.2, 0.25) is 0 Å². The average Bonchev–Trinajstić information content (AvgIpc) is 2.55. The van der Waals surface area contributed by atoms with Crippen LogP contribution in [0.5, 0.6) is 11.5 Å². The molecule has 120 valence electrons. The third-order valence-corrected chi connectivity index (χ3v) is 3.18. The molecule has 0 aliphatic rings. The van der Waals surface area contributed by atoms with Crippen LogP contribution in [-0.4, -0.2) is 25.7 Å². The Hall–Kier alpha value is -2.82. The molecule has 5 heteroatoms. The average molecular weight is 314 g/mol. The van der Waals surface area contributed by atoms with Crippen LogP contribution in [0.4, 0.5) is 0 Å². The lowest BCUT2D eigenvalue weighted by molar-refractivity contribution is -0.136. The predicted molar refractivity (Wildman–Crippen MR) is 84.8 cm³/mol. The number of benzene rings is 2. The first-order valence-corrected chi connectivity index (χ1v) is 7.08. The molecule has 5 nitrogen and oxygen atoms in total. The third kappa shape index (κ3) is 4.57. The second kappa shape index (κ2) is 7.45. The SMILES string of the molecule is COC(=O)c1cccc(OC(=O)COc2cc(C)ccc2C)c1. The predicted octanol–water partition coefficient (Wildman–Crippen LogP) is 3.07. The van der Waals surface area contributed by atoms with Crippen LogP contribution in [0.15, 0.2) is 42.5 Å². The summed E-state index contributed by atoms with van der Waals surface area (Å²) in [5, 5.41) is 0. The van der Waals surface area contributed by atoms with Gasteiger partial charge in [-0.15, -0.1) is 0 Å². The first kappa shape index (κ1) is 16.5. The van der Waals surface area contributed by atoms with Crippen molar-refractivity contribution in [3.05, 3.63) is 59.2 Å². The first-order valence-electron chi connectivity index (χ1n) is 7.08. The number of methoxy groups -OCH3 is 1. The van der Waals surface area contributed by atoms with Gasteiger partial charge in [0.2, 0.25) is 0 Å². The van der Waals surface area contributed by atoms with Gasteiger partial charge in [-0.3, -0.25) is 0 Å². The van der Waals surface area contributed by atoms with Crippen LogP contribution in [0, 0.1) is 13.8 Å². The number of aryl methyl sites for hydroxylation is 2. The van der Waals surface area contributed by atoms with Gasteiger partial charge in [-0.25, -0.2) is 9.59 Å². The molecular formula is C18H18O5. The van der Waals surface area contributed by atoms with Crippen molar-refractivity contribution in [2.75, 3.05) is 13.7 Å². The first-order chi connectivity index (χ1) is 11.0. The number of rotatable bonds is 5. The summed E-state index contributed by atoms with van der Waals surface area (Å²) in [5.74, 6) is -0.129. The molecule has 0 bridgehead atoms. The minimum absolute atomic E-state index is 0.216. The summed E-state index contributed by atoms with van der Waals surface area (Å²) in [4.78, 5) is 23.3. The Morgan fingerprint density at radius 3 is 2.57 bits per heavy atom. The molecule has 0 unspecified atom stereocenters. The number of hydrogen-bond donors (Lipinski definition) is 0. The molecule has 0 atom stereocenters. The molecule has 0 amide bonds. The quantitative estimate of drug-likeness (QED) is 0.627. The summed E-state index contributed by atoms with van der Waals surface area (Å²) in [6.07, 6.45) is 0. The van der Waals surface area contributed by atoms with Crippen molar-refractivity contribution in [1.82, 2.24) is 0 Å². The molecule has 0 saturated carbocycles. The van der Waals surface area contributed by atoms with Crippen molar-refractivity contribution in [3.63, 3.8) is 0 Å². The number of carbonyl (C=O) groups is 2. The maximum Gasteiger partial charge on any atom is 0.349 e. The van der Waals surface area contributed by atoms with Crippen LogP contribution in [0.3, 0.4) is 0 Å². The fourth-order valence-corrected chi connectivity index (χ4v) is 1.96. The van der Waals surface area contributed by atoms with Crippen LogP contribution in [-0.2, 0) is 9.53 Å². The van der Waals surface area contributed by atoms with Crippen molar-refractivity contribution in [2.24, 2.45) is 0 Å². The summed E-state index contributed by atoms with van der Waals surface area (Å²) >= 11 is 0. The highest BCUT2D eigenvalue weighted by Crippen LogP contribution is 2.19. The largest absolute Gasteiger partial charge is 0.482 e. The molecule has 0 N–H and O–H groups in total. The number of ether oxygens (including phenoxy) is 3. The summed E-state index contributed by atoms with van der Waals surface area (Å²) in [5.41, 5.74) is 2.30. The molecule has 2 rings (SSSR count). The molecule has 0 aromatic heterocycles. The van der Waals surface area contributed by atoms with E-state index in [0.29, 0.717) is 11.3 Å². The molecule has 2 aromatic carbocycles. The summed E-state index contributed by atoms with van der Waals surface area (Å²) < 4.78 is 15.3. The van der Waals surface area contributed by atoms with E-state index in [1.807, 2.05) is 32.0 Å². The van der Waals surface area contributed by atoms with Gasteiger partial charge in [0.25, 0.3) is 0 Å². The zero-order chi connectivity index (χ0) is 16.8. The molecular weight excluding hydrogens is 296 g/mol. The van der Waals surface area contributed by atoms with Gasteiger partial charge in [-0.1, -0.05) is 18.2 Å². The van der Waals surface area contributed by atoms with Crippen molar-refractivity contribution >= 4 is 11.9 Å². The normalized spacial score (nSPS) is 10.0. The minimum Gasteiger partial charge on any atom is -0.482 e. The van der Waals surface area contributed by atoms with Gasteiger partial charge in [0.15, 0.2) is 6.61 Å². The lowest BCUT2D eigenvalue weighted by Gasteiger charge is -2.10. The van der Waals surface area contributed by atoms with E-state index in [2.05, 4.69) is 4.74 Å². The zero-order valence-electron chi connectivity index (χ0n) is 13.3. The number of hydrogen-bond acceptors (Lipinski definition) is 5. The number of carbonyl (C=O) groups excluding carboxylic acids is 2. The van der Waals surface area contributed by atoms with Gasteiger partial charge >= 0.3 is 11.9 Å². The second-order valence-electron chi connectivity index (χ2n) is 5.05. The Bertz CT molecular complexity index is 721. The molecule has 0 fully saturated rings. The molecule has 0 aliphatic heterocycles. The molecule has 0 radical (unpaired) electrons. The van der Waals surface area contributed by atoms with Gasteiger partial charge in [-0.05, 0) is 49.2 Å². The third-order valence-electron chi connectivity index (χ3n) is 3.18. The van der Waals surface area contributed by atoms with Crippen molar-refractivity contribution in [3.8, 4) is 11.5 Å². The van der Waals surface area contributed by atoms with Gasteiger partial charge in [-0.2, -0.15) is 0 Å². The van der Waals surface area contributed by atoms with Crippen LogP contribution >= 0.6 is 0 Å². The Labute approximate surface area is 134 Å². The van der Waals surface area contributed by atoms with E-state index in [9.17, 15) is 9.59 Å². The van der Waals surface area contributed by atoms with Crippen LogP contribution < -0.4 is 9.47 Å². The van der Waals surface area contributed by atoms with E-state index < -0.39 is 11.9 Å². The lowest BCUT2D eigenvalue weighted by atomic mass is 10.1. The highest BCUT2D eigenvalue weighted by molar-refractivity contribution is 5.90. The van der Waals surface area contributed by atoms with Gasteiger partial charge < -0.3 is 14.2 Å². The maximum absolute atomic E-state index is 11.9. The van der Waals surface area contributed by atoms with Gasteiger partial charge in [0.1, 0.15) is 11.5 Å². The maximum atomic E-state index is 11.9. The smallest absolute Gasteiger partial charge is 0.349 e. The van der Waals surface area contributed by atoms with Gasteiger partial charge in [0.05, 0.1) is 12.7 Å². The van der Waals surface area contributed by atoms with E-state index in [0.717, 1.165) is 11.1 Å². The summed E-state index contributed by atoms with van der Waals surface area (Å²) in [6, 6.07) is 12.0. The molecule has 23 heavy (non-hydrogen) atoms. The molecule has 0 heterocycles. The Kier molecular flexibility index (Phi) is 5.36. The molecule has 2 aromatic rings. The van der Waals surface area contributed by atoms with E-state index in [-0.39, 0.29) is 12.4 Å². The topological polar surface area (TPSA) is 61.8 Å². The fraction of sp³-hybridized carbons (Fsp3) is 0.222. The molecule has 0 saturated heterocycles. The highest BCUT2D eigenvalue weighted by Gasteiger charge is 2.11. The van der Waals surface area contributed by atoms with Crippen molar-refractivity contribution in [1.29, 1.82) is 0 Å². The van der Waals surface area contributed by atoms with Crippen molar-refractivity contribution < 1.29 is 23.8 Å². The lowest BCUT2D eigenvalue weighted by Crippen LogP contribution is -2.18. The Balaban J connectivity index is 1.97. The summed E-state index contributed by atoms with van der Waals surface area (Å²) in [7, 11) is 1.29. The zero-order valence-corrected chi connectivity index (χ0v) is 13.3. The Morgan fingerprint density at radius 1 is 1.04 bits per heavy atom. The van der Waals surface area contributed by atoms with Crippen LogP contribution in [0.1, 0.15) is 21.5 Å². The standard InChI is InChI=1S/C18H18O5/c1-12-7-8-13(2)16(9-12)22-11-17(19)23-15-6-4-5-14(10-15)18(20)21-3/h4-10H,11H2,1-3H3. The van der Waals surface area contributed by atoms with Crippen LogP contribution in [0.25, 0.3) is 0 Å². The summed E-state index contributed by atoms with van der Waals surface area (Å²) in [6.45, 7) is 3.63. The molecule has 0 aliphatic carbocycles. The van der Waals surface area contributed by atoms with E-state index in [4.69, 9.17) is 9.47 Å². The molecule has 0 spiro atoms. The van der Waals surface area contributed by atoms with Crippen molar-refractivity contribution in [2.45, 2.75) is 13.8 Å². The number of esters is 2. The minimum atomic E-state index is -0.548. The fourth-order valence-electron chi connectivity index (χ4n) is 1.96. The monoisotopic (exact) mass is 314 g/mol. The Morgan fingerprint density at radius 2 is 1.83 bits per heavy atom. The second-order valence-corrected chi connectivity index (χ2v) is 5.05. The highest BCUT2D eigenvalue weighted by atomic mass is 16.6. The van der Waals surface area contributed by atoms with E-state index in [1.165, 1.54) is 13.2 Å². The van der Waals surface area contributed by atoms with E-state index in [1.54, 1.807) is 18.2 Å². The van der Waals surface area contributed by atoms with Gasteiger partial charge in [0, 0.05) is 0 Å². The van der Waals surface area contributed by atoms with E-state index >= 15 is 0 Å².